The van der Waals surface area contributed by atoms with Gasteiger partial charge in [0.25, 0.3) is 0 Å². The number of carbonyl (C=O) groups is 1. The number of nitrogens with zero attached hydrogens (tertiary/aromatic N) is 1. The van der Waals surface area contributed by atoms with E-state index in [1.807, 2.05) is 41.8 Å². The van der Waals surface area contributed by atoms with E-state index in [2.05, 4.69) is 0 Å². The Hall–Kier alpha value is -2.88. The number of hydrogen-bond acceptors (Lipinski definition) is 7. The van der Waals surface area contributed by atoms with Gasteiger partial charge in [-0.05, 0) is 52.9 Å². The Morgan fingerprint density at radius 3 is 2.90 bits per heavy atom. The number of allylic oxidation sites excluding steroid dienone is 4. The normalized spacial score (nSPS) is 17.1. The lowest BCUT2D eigenvalue weighted by atomic mass is 10.0. The number of hydrogen-bond donors (Lipinski definition) is 1. The van der Waals surface area contributed by atoms with Gasteiger partial charge >= 0.3 is 0 Å². The fourth-order valence-corrected chi connectivity index (χ4v) is 5.83. The number of amides is 1. The van der Waals surface area contributed by atoms with Gasteiger partial charge in [-0.3, -0.25) is 10.0 Å². The van der Waals surface area contributed by atoms with Crippen LogP contribution in [0.15, 0.2) is 77.5 Å². The highest BCUT2D eigenvalue weighted by molar-refractivity contribution is 7.90. The zero-order valence-electron chi connectivity index (χ0n) is 16.5. The fraction of sp³-hybridized carbons (Fsp3) is 0.227. The number of thiophene rings is 1. The molecule has 0 saturated carbocycles. The van der Waals surface area contributed by atoms with Crippen LogP contribution in [0.25, 0.3) is 10.1 Å². The van der Waals surface area contributed by atoms with Gasteiger partial charge in [0.05, 0.1) is 11.5 Å². The Morgan fingerprint density at radius 1 is 1.26 bits per heavy atom. The summed E-state index contributed by atoms with van der Waals surface area (Å²) in [6, 6.07) is 6.18. The van der Waals surface area contributed by atoms with E-state index in [0.717, 1.165) is 28.5 Å². The van der Waals surface area contributed by atoms with Crippen LogP contribution in [0, 0.1) is 0 Å². The highest BCUT2D eigenvalue weighted by Crippen LogP contribution is 2.29. The number of carbonyl (C=O) groups excluding carboxylic acids is 1. The Kier molecular flexibility index (Phi) is 6.26. The topological polar surface area (TPSA) is 93.1 Å². The number of rotatable bonds is 8. The summed E-state index contributed by atoms with van der Waals surface area (Å²) >= 11 is 1.58. The largest absolute Gasteiger partial charge is 0.465 e. The molecule has 1 N–H and O–H groups in total. The summed E-state index contributed by atoms with van der Waals surface area (Å²) in [5, 5.41) is 13.3. The first-order valence-corrected chi connectivity index (χ1v) is 12.3. The van der Waals surface area contributed by atoms with Crippen molar-refractivity contribution in [1.29, 1.82) is 0 Å². The van der Waals surface area contributed by atoms with Crippen LogP contribution in [0.3, 0.4) is 0 Å². The SMILES string of the molecule is O=CN(O)C(CS(=O)(=O)Cc1ccc2sccc2c1)C1=COC=C(C2=CC=CCC2)O1. The summed E-state index contributed by atoms with van der Waals surface area (Å²) in [5.41, 5.74) is 1.52. The van der Waals surface area contributed by atoms with Crippen molar-refractivity contribution in [3.63, 3.8) is 0 Å². The van der Waals surface area contributed by atoms with Crippen LogP contribution in [0.2, 0.25) is 0 Å². The maximum atomic E-state index is 12.9. The summed E-state index contributed by atoms with van der Waals surface area (Å²) in [4.78, 5) is 11.3. The third-order valence-electron chi connectivity index (χ3n) is 4.99. The maximum absolute atomic E-state index is 12.9. The van der Waals surface area contributed by atoms with Crippen LogP contribution in [0.4, 0.5) is 0 Å². The van der Waals surface area contributed by atoms with Gasteiger partial charge in [0, 0.05) is 4.70 Å². The summed E-state index contributed by atoms with van der Waals surface area (Å²) in [6.45, 7) is 0. The Bertz CT molecular complexity index is 1210. The van der Waals surface area contributed by atoms with Crippen LogP contribution in [0.1, 0.15) is 18.4 Å². The van der Waals surface area contributed by atoms with Crippen molar-refractivity contribution in [2.75, 3.05) is 5.75 Å². The molecule has 1 aliphatic carbocycles. The first-order valence-electron chi connectivity index (χ1n) is 9.64. The van der Waals surface area contributed by atoms with Crippen molar-refractivity contribution in [3.8, 4) is 0 Å². The molecule has 0 spiro atoms. The maximum Gasteiger partial charge on any atom is 0.233 e. The molecule has 4 rings (SSSR count). The lowest BCUT2D eigenvalue weighted by Crippen LogP contribution is -2.40. The molecule has 2 heterocycles. The van der Waals surface area contributed by atoms with Crippen molar-refractivity contribution in [2.45, 2.75) is 24.6 Å². The Morgan fingerprint density at radius 2 is 2.13 bits per heavy atom. The quantitative estimate of drug-likeness (QED) is 0.364. The molecule has 2 aliphatic rings. The van der Waals surface area contributed by atoms with Gasteiger partial charge < -0.3 is 9.47 Å². The second-order valence-corrected chi connectivity index (χ2v) is 10.3. The van der Waals surface area contributed by atoms with Gasteiger partial charge in [-0.1, -0.05) is 24.3 Å². The van der Waals surface area contributed by atoms with Gasteiger partial charge in [-0.2, -0.15) is 0 Å². The minimum atomic E-state index is -3.71. The Labute approximate surface area is 184 Å². The number of sulfone groups is 1. The molecule has 1 aliphatic heterocycles. The van der Waals surface area contributed by atoms with Crippen molar-refractivity contribution >= 4 is 37.7 Å². The van der Waals surface area contributed by atoms with E-state index in [9.17, 15) is 18.4 Å². The molecule has 1 aromatic heterocycles. The van der Waals surface area contributed by atoms with E-state index in [1.165, 1.54) is 12.5 Å². The van der Waals surface area contributed by atoms with Gasteiger partial charge in [0.15, 0.2) is 21.4 Å². The summed E-state index contributed by atoms with van der Waals surface area (Å²) in [5.74, 6) is -0.286. The molecule has 0 saturated heterocycles. The number of ether oxygens (including phenoxy) is 2. The monoisotopic (exact) mass is 459 g/mol. The molecule has 0 fully saturated rings. The molecule has 0 radical (unpaired) electrons. The van der Waals surface area contributed by atoms with E-state index in [1.54, 1.807) is 17.4 Å². The van der Waals surface area contributed by atoms with Gasteiger partial charge in [0.1, 0.15) is 18.6 Å². The smallest absolute Gasteiger partial charge is 0.233 e. The number of fused-ring (bicyclic) bond motifs is 1. The summed E-state index contributed by atoms with van der Waals surface area (Å²) in [7, 11) is -3.71. The van der Waals surface area contributed by atoms with Crippen LogP contribution in [-0.2, 0) is 29.9 Å². The summed E-state index contributed by atoms with van der Waals surface area (Å²) in [6.07, 6.45) is 10.2. The van der Waals surface area contributed by atoms with Crippen molar-refractivity contribution in [1.82, 2.24) is 5.06 Å². The highest BCUT2D eigenvalue weighted by Gasteiger charge is 2.32. The molecule has 9 heteroatoms. The van der Waals surface area contributed by atoms with Crippen LogP contribution in [-0.4, -0.2) is 36.9 Å². The highest BCUT2D eigenvalue weighted by atomic mass is 32.2. The van der Waals surface area contributed by atoms with Crippen molar-refractivity contribution in [2.24, 2.45) is 0 Å². The lowest BCUT2D eigenvalue weighted by molar-refractivity contribution is -0.157. The van der Waals surface area contributed by atoms with Crippen molar-refractivity contribution < 1.29 is 27.9 Å². The predicted molar refractivity (Wildman–Crippen MR) is 118 cm³/mol. The minimum absolute atomic E-state index is 0.0411. The van der Waals surface area contributed by atoms with Gasteiger partial charge in [-0.15, -0.1) is 11.3 Å². The van der Waals surface area contributed by atoms with E-state index in [-0.39, 0.29) is 17.9 Å². The first-order chi connectivity index (χ1) is 14.9. The average molecular weight is 460 g/mol. The second kappa shape index (κ2) is 9.09. The number of benzene rings is 1. The molecule has 2 aromatic rings. The molecule has 1 unspecified atom stereocenters. The average Bonchev–Trinajstić information content (AvgIpc) is 3.25. The lowest BCUT2D eigenvalue weighted by Gasteiger charge is -2.27. The number of hydroxylamine groups is 2. The zero-order chi connectivity index (χ0) is 21.8. The van der Waals surface area contributed by atoms with E-state index >= 15 is 0 Å². The molecule has 31 heavy (non-hydrogen) atoms. The third-order valence-corrected chi connectivity index (χ3v) is 7.48. The minimum Gasteiger partial charge on any atom is -0.465 e. The first kappa shape index (κ1) is 21.4. The standard InChI is InChI=1S/C22H21NO6S2/c24-15-23(25)19(21-12-28-11-20(29-21)17-4-2-1-3-5-17)14-31(26,27)13-16-6-7-22-18(10-16)8-9-30-22/h1-2,4,6-12,15,19,25H,3,5,13-14H2. The predicted octanol–water partition coefficient (Wildman–Crippen LogP) is 4.04. The van der Waals surface area contributed by atoms with Crippen LogP contribution < -0.4 is 0 Å². The molecular formula is C22H21NO6S2. The Balaban J connectivity index is 1.52. The van der Waals surface area contributed by atoms with E-state index in [4.69, 9.17) is 9.47 Å². The molecule has 1 atom stereocenters. The molecule has 1 aromatic carbocycles. The fourth-order valence-electron chi connectivity index (χ4n) is 3.46. The van der Waals surface area contributed by atoms with E-state index in [0.29, 0.717) is 16.4 Å². The zero-order valence-corrected chi connectivity index (χ0v) is 18.1. The van der Waals surface area contributed by atoms with Crippen LogP contribution >= 0.6 is 11.3 Å². The molecule has 162 valence electrons. The molecule has 0 bridgehead atoms. The van der Waals surface area contributed by atoms with Crippen LogP contribution in [0.5, 0.6) is 0 Å². The molecule has 7 nitrogen and oxygen atoms in total. The summed E-state index contributed by atoms with van der Waals surface area (Å²) < 4.78 is 38.1. The molecule has 1 amide bonds. The van der Waals surface area contributed by atoms with E-state index < -0.39 is 21.6 Å². The van der Waals surface area contributed by atoms with Gasteiger partial charge in [0.2, 0.25) is 6.41 Å². The van der Waals surface area contributed by atoms with Gasteiger partial charge in [-0.25, -0.2) is 13.5 Å². The second-order valence-electron chi connectivity index (χ2n) is 7.25. The van der Waals surface area contributed by atoms with Crippen molar-refractivity contribution in [3.05, 3.63) is 83.1 Å². The third kappa shape index (κ3) is 5.07. The molecular weight excluding hydrogens is 438 g/mol.